The number of aromatic nitrogens is 1. The second kappa shape index (κ2) is 10.6. The van der Waals surface area contributed by atoms with Crippen LogP contribution >= 0.6 is 0 Å². The number of amides is 1. The summed E-state index contributed by atoms with van der Waals surface area (Å²) >= 11 is 0. The third-order valence-corrected chi connectivity index (χ3v) is 6.17. The summed E-state index contributed by atoms with van der Waals surface area (Å²) in [5.74, 6) is 2.13. The zero-order valence-electron chi connectivity index (χ0n) is 18.3. The smallest absolute Gasteiger partial charge is 0.223 e. The number of nitrogens with zero attached hydrogens (tertiary/aromatic N) is 2. The van der Waals surface area contributed by atoms with Crippen LogP contribution in [-0.2, 0) is 22.6 Å². The zero-order valence-corrected chi connectivity index (χ0v) is 18.3. The zero-order chi connectivity index (χ0) is 21.5. The molecule has 1 saturated carbocycles. The normalized spacial score (nSPS) is 18.8. The number of carbonyl (C=O) groups is 1. The fourth-order valence-electron chi connectivity index (χ4n) is 4.45. The molecule has 0 bridgehead atoms. The fraction of sp³-hybridized carbons (Fsp3) is 0.520. The molecule has 1 atom stereocenters. The first kappa shape index (κ1) is 21.6. The van der Waals surface area contributed by atoms with Crippen molar-refractivity contribution in [2.75, 3.05) is 20.3 Å². The lowest BCUT2D eigenvalue weighted by molar-refractivity contribution is -0.133. The predicted molar refractivity (Wildman–Crippen MR) is 118 cm³/mol. The van der Waals surface area contributed by atoms with Gasteiger partial charge in [0, 0.05) is 38.3 Å². The highest BCUT2D eigenvalue weighted by atomic mass is 16.6. The minimum absolute atomic E-state index is 0.0646. The molecule has 6 nitrogen and oxygen atoms in total. The van der Waals surface area contributed by atoms with Crippen molar-refractivity contribution in [2.45, 2.75) is 57.7 Å². The lowest BCUT2D eigenvalue weighted by Gasteiger charge is -2.25. The van der Waals surface area contributed by atoms with Crippen molar-refractivity contribution in [1.29, 1.82) is 0 Å². The van der Waals surface area contributed by atoms with Gasteiger partial charge in [0.05, 0.1) is 20.3 Å². The molecule has 6 heteroatoms. The highest BCUT2D eigenvalue weighted by Crippen LogP contribution is 2.32. The van der Waals surface area contributed by atoms with Crippen LogP contribution in [0, 0.1) is 5.92 Å². The Hall–Kier alpha value is -2.60. The number of hydrogen-bond donors (Lipinski definition) is 0. The van der Waals surface area contributed by atoms with E-state index in [1.165, 1.54) is 12.8 Å². The minimum Gasteiger partial charge on any atom is -0.493 e. The molecule has 0 spiro atoms. The number of hydrogen-bond acceptors (Lipinski definition) is 5. The van der Waals surface area contributed by atoms with Crippen LogP contribution in [0.2, 0.25) is 0 Å². The van der Waals surface area contributed by atoms with Crippen molar-refractivity contribution < 1.29 is 19.0 Å². The summed E-state index contributed by atoms with van der Waals surface area (Å²) in [5, 5.41) is 0. The highest BCUT2D eigenvalue weighted by Gasteiger charge is 2.23. The Bertz CT molecular complexity index is 846. The van der Waals surface area contributed by atoms with E-state index in [0.29, 0.717) is 37.8 Å². The van der Waals surface area contributed by atoms with Crippen molar-refractivity contribution >= 4 is 5.91 Å². The Morgan fingerprint density at radius 2 is 1.97 bits per heavy atom. The molecule has 2 fully saturated rings. The molecule has 1 saturated heterocycles. The van der Waals surface area contributed by atoms with Crippen LogP contribution in [-0.4, -0.2) is 42.2 Å². The molecule has 166 valence electrons. The van der Waals surface area contributed by atoms with Crippen molar-refractivity contribution in [3.05, 3.63) is 53.9 Å². The third-order valence-electron chi connectivity index (χ3n) is 6.17. The highest BCUT2D eigenvalue weighted by molar-refractivity contribution is 5.76. The van der Waals surface area contributed by atoms with Gasteiger partial charge in [0.15, 0.2) is 11.5 Å². The molecule has 2 aliphatic rings. The molecule has 31 heavy (non-hydrogen) atoms. The van der Waals surface area contributed by atoms with Crippen LogP contribution in [0.1, 0.15) is 49.7 Å². The third kappa shape index (κ3) is 5.97. The van der Waals surface area contributed by atoms with Crippen LogP contribution in [0.15, 0.2) is 42.7 Å². The molecule has 0 radical (unpaired) electrons. The van der Waals surface area contributed by atoms with Gasteiger partial charge in [-0.2, -0.15) is 0 Å². The van der Waals surface area contributed by atoms with E-state index in [0.717, 1.165) is 42.7 Å². The summed E-state index contributed by atoms with van der Waals surface area (Å²) in [4.78, 5) is 19.3. The molecular weight excluding hydrogens is 392 g/mol. The van der Waals surface area contributed by atoms with E-state index in [2.05, 4.69) is 4.98 Å². The maximum atomic E-state index is 13.2. The minimum atomic E-state index is 0.0646. The number of benzene rings is 1. The Labute approximate surface area is 184 Å². The van der Waals surface area contributed by atoms with Gasteiger partial charge < -0.3 is 19.1 Å². The number of ether oxygens (including phenoxy) is 3. The first-order valence-corrected chi connectivity index (χ1v) is 11.3. The summed E-state index contributed by atoms with van der Waals surface area (Å²) in [5.41, 5.74) is 2.06. The molecule has 1 aliphatic heterocycles. The van der Waals surface area contributed by atoms with Crippen LogP contribution in [0.4, 0.5) is 0 Å². The second-order valence-corrected chi connectivity index (χ2v) is 8.55. The fourth-order valence-corrected chi connectivity index (χ4v) is 4.45. The molecule has 2 heterocycles. The summed E-state index contributed by atoms with van der Waals surface area (Å²) in [6, 6.07) is 9.87. The Balaban J connectivity index is 1.48. The van der Waals surface area contributed by atoms with Crippen molar-refractivity contribution in [3.63, 3.8) is 0 Å². The number of carbonyl (C=O) groups excluding carboxylic acids is 1. The number of methoxy groups -OCH3 is 1. The lowest BCUT2D eigenvalue weighted by atomic mass is 10.0. The van der Waals surface area contributed by atoms with Gasteiger partial charge in [-0.05, 0) is 48.1 Å². The first-order valence-electron chi connectivity index (χ1n) is 11.3. The van der Waals surface area contributed by atoms with Gasteiger partial charge >= 0.3 is 0 Å². The molecule has 2 aromatic rings. The number of rotatable bonds is 9. The predicted octanol–water partition coefficient (Wildman–Crippen LogP) is 4.37. The van der Waals surface area contributed by atoms with Gasteiger partial charge in [0.2, 0.25) is 5.91 Å². The van der Waals surface area contributed by atoms with Gasteiger partial charge in [-0.25, -0.2) is 0 Å². The van der Waals surface area contributed by atoms with Crippen molar-refractivity contribution in [1.82, 2.24) is 9.88 Å². The maximum Gasteiger partial charge on any atom is 0.223 e. The average Bonchev–Trinajstić information content (AvgIpc) is 3.49. The Kier molecular flexibility index (Phi) is 7.41. The van der Waals surface area contributed by atoms with E-state index in [-0.39, 0.29) is 12.0 Å². The Morgan fingerprint density at radius 1 is 1.13 bits per heavy atom. The Morgan fingerprint density at radius 3 is 2.68 bits per heavy atom. The lowest BCUT2D eigenvalue weighted by Crippen LogP contribution is -2.31. The molecule has 0 unspecified atom stereocenters. The van der Waals surface area contributed by atoms with Gasteiger partial charge in [0.1, 0.15) is 6.10 Å². The average molecular weight is 425 g/mol. The second-order valence-electron chi connectivity index (χ2n) is 8.55. The van der Waals surface area contributed by atoms with Crippen LogP contribution in [0.5, 0.6) is 11.5 Å². The van der Waals surface area contributed by atoms with Gasteiger partial charge in [-0.1, -0.05) is 25.0 Å². The summed E-state index contributed by atoms with van der Waals surface area (Å²) < 4.78 is 17.0. The summed E-state index contributed by atoms with van der Waals surface area (Å²) in [6.07, 6.45) is 9.98. The van der Waals surface area contributed by atoms with E-state index in [4.69, 9.17) is 14.2 Å². The largest absolute Gasteiger partial charge is 0.493 e. The molecule has 1 aromatic carbocycles. The van der Waals surface area contributed by atoms with Crippen molar-refractivity contribution in [2.24, 2.45) is 5.92 Å². The summed E-state index contributed by atoms with van der Waals surface area (Å²) in [7, 11) is 1.65. The van der Waals surface area contributed by atoms with Crippen molar-refractivity contribution in [3.8, 4) is 11.5 Å². The molecule has 1 aromatic heterocycles. The molecule has 0 N–H and O–H groups in total. The van der Waals surface area contributed by atoms with E-state index >= 15 is 0 Å². The van der Waals surface area contributed by atoms with Gasteiger partial charge in [-0.15, -0.1) is 0 Å². The summed E-state index contributed by atoms with van der Waals surface area (Å²) in [6.45, 7) is 2.43. The molecule has 1 amide bonds. The molecular formula is C25H32N2O4. The maximum absolute atomic E-state index is 13.2. The first-order chi connectivity index (χ1) is 15.2. The van der Waals surface area contributed by atoms with Crippen LogP contribution in [0.25, 0.3) is 0 Å². The van der Waals surface area contributed by atoms with Gasteiger partial charge in [0.25, 0.3) is 0 Å². The van der Waals surface area contributed by atoms with Crippen LogP contribution in [0.3, 0.4) is 0 Å². The molecule has 1 aliphatic carbocycles. The topological polar surface area (TPSA) is 60.9 Å². The van der Waals surface area contributed by atoms with E-state index in [1.54, 1.807) is 13.3 Å². The molecule has 4 rings (SSSR count). The monoisotopic (exact) mass is 424 g/mol. The van der Waals surface area contributed by atoms with Crippen LogP contribution < -0.4 is 9.47 Å². The SMILES string of the molecule is COc1cc(CN(Cc2cccnc2)C(=O)CC2CCCC2)ccc1O[C@@H]1CCOC1. The van der Waals surface area contributed by atoms with E-state index < -0.39 is 0 Å². The van der Waals surface area contributed by atoms with E-state index in [9.17, 15) is 4.79 Å². The quantitative estimate of drug-likeness (QED) is 0.598. The standard InChI is InChI=1S/C25H32N2O4/c1-29-24-13-20(8-9-23(24)31-22-10-12-30-18-22)16-27(17-21-7-4-11-26-15-21)25(28)14-19-5-2-3-6-19/h4,7-9,11,13,15,19,22H,2-3,5-6,10,12,14,16-18H2,1H3/t22-/m1/s1. The van der Waals surface area contributed by atoms with Gasteiger partial charge in [-0.3, -0.25) is 9.78 Å². The number of pyridine rings is 1. The van der Waals surface area contributed by atoms with E-state index in [1.807, 2.05) is 41.4 Å².